The number of nitrogens with zero attached hydrogens (tertiary/aromatic N) is 2. The normalized spacial score (nSPS) is 12.7. The molecular weight excluding hydrogens is 240 g/mol. The largest absolute Gasteiger partial charge is 0.353 e. The average Bonchev–Trinajstić information content (AvgIpc) is 2.38. The van der Waals surface area contributed by atoms with Gasteiger partial charge in [-0.1, -0.05) is 13.0 Å². The topological polar surface area (TPSA) is 71.2 Å². The number of aromatic nitrogens is 1. The van der Waals surface area contributed by atoms with Crippen molar-refractivity contribution in [3.63, 3.8) is 0 Å². The Bertz CT molecular complexity index is 380. The van der Waals surface area contributed by atoms with E-state index in [0.29, 0.717) is 13.1 Å². The van der Waals surface area contributed by atoms with Crippen LogP contribution in [0.25, 0.3) is 0 Å². The molecule has 1 amide bonds. The summed E-state index contributed by atoms with van der Waals surface area (Å²) in [6.07, 6.45) is 1.75. The van der Waals surface area contributed by atoms with Gasteiger partial charge in [0.05, 0.1) is 18.3 Å². The average molecular weight is 264 g/mol. The second kappa shape index (κ2) is 7.86. The van der Waals surface area contributed by atoms with Crippen molar-refractivity contribution < 1.29 is 4.79 Å². The van der Waals surface area contributed by atoms with Gasteiger partial charge >= 0.3 is 0 Å². The molecule has 0 saturated heterocycles. The van der Waals surface area contributed by atoms with Crippen molar-refractivity contribution in [1.82, 2.24) is 15.2 Å². The van der Waals surface area contributed by atoms with Crippen molar-refractivity contribution in [3.05, 3.63) is 30.1 Å². The molecule has 0 fully saturated rings. The Kier molecular flexibility index (Phi) is 6.45. The summed E-state index contributed by atoms with van der Waals surface area (Å²) < 4.78 is 0. The van der Waals surface area contributed by atoms with E-state index in [1.807, 2.05) is 43.9 Å². The molecule has 19 heavy (non-hydrogen) atoms. The van der Waals surface area contributed by atoms with Gasteiger partial charge < -0.3 is 11.1 Å². The van der Waals surface area contributed by atoms with Crippen LogP contribution in [0.1, 0.15) is 32.5 Å². The van der Waals surface area contributed by atoms with Crippen LogP contribution in [-0.2, 0) is 4.79 Å². The highest BCUT2D eigenvalue weighted by Crippen LogP contribution is 2.16. The standard InChI is InChI=1S/C14H24N4O/c1-4-18(10-14(19)17-11(2)3)13(9-15)12-7-5-6-8-16-12/h5-8,11,13H,4,9-10,15H2,1-3H3,(H,17,19). The fraction of sp³-hybridized carbons (Fsp3) is 0.571. The van der Waals surface area contributed by atoms with Crippen LogP contribution in [0, 0.1) is 0 Å². The number of hydrogen-bond acceptors (Lipinski definition) is 4. The van der Waals surface area contributed by atoms with Crippen LogP contribution in [-0.4, -0.2) is 41.5 Å². The van der Waals surface area contributed by atoms with Crippen LogP contribution in [0.5, 0.6) is 0 Å². The number of rotatable bonds is 7. The number of nitrogens with two attached hydrogens (primary N) is 1. The third-order valence-corrected chi connectivity index (χ3v) is 2.90. The minimum atomic E-state index is -0.0240. The fourth-order valence-electron chi connectivity index (χ4n) is 2.02. The van der Waals surface area contributed by atoms with E-state index in [1.165, 1.54) is 0 Å². The lowest BCUT2D eigenvalue weighted by atomic mass is 10.1. The number of nitrogens with one attached hydrogen (secondary N) is 1. The van der Waals surface area contributed by atoms with Gasteiger partial charge in [-0.25, -0.2) is 0 Å². The molecule has 0 spiro atoms. The second-order valence-corrected chi connectivity index (χ2v) is 4.79. The lowest BCUT2D eigenvalue weighted by Crippen LogP contribution is -2.43. The zero-order valence-corrected chi connectivity index (χ0v) is 12.0. The smallest absolute Gasteiger partial charge is 0.234 e. The molecule has 1 atom stereocenters. The molecule has 0 aromatic carbocycles. The van der Waals surface area contributed by atoms with E-state index < -0.39 is 0 Å². The SMILES string of the molecule is CCN(CC(=O)NC(C)C)C(CN)c1ccccn1. The molecule has 106 valence electrons. The van der Waals surface area contributed by atoms with E-state index in [9.17, 15) is 4.79 Å². The first-order valence-electron chi connectivity index (χ1n) is 6.72. The fourth-order valence-corrected chi connectivity index (χ4v) is 2.02. The Hall–Kier alpha value is -1.46. The van der Waals surface area contributed by atoms with Crippen molar-refractivity contribution in [3.8, 4) is 0 Å². The summed E-state index contributed by atoms with van der Waals surface area (Å²) in [6, 6.07) is 5.88. The van der Waals surface area contributed by atoms with E-state index in [-0.39, 0.29) is 18.0 Å². The second-order valence-electron chi connectivity index (χ2n) is 4.79. The van der Waals surface area contributed by atoms with Gasteiger partial charge in [-0.3, -0.25) is 14.7 Å². The summed E-state index contributed by atoms with van der Waals surface area (Å²) in [5, 5.41) is 2.90. The molecule has 3 N–H and O–H groups in total. The number of hydrogen-bond donors (Lipinski definition) is 2. The third kappa shape index (κ3) is 4.96. The lowest BCUT2D eigenvalue weighted by Gasteiger charge is -2.29. The Morgan fingerprint density at radius 3 is 2.68 bits per heavy atom. The van der Waals surface area contributed by atoms with Gasteiger partial charge in [0.25, 0.3) is 0 Å². The van der Waals surface area contributed by atoms with E-state index >= 15 is 0 Å². The van der Waals surface area contributed by atoms with Gasteiger partial charge in [-0.2, -0.15) is 0 Å². The molecule has 1 heterocycles. The molecule has 1 aromatic heterocycles. The maximum atomic E-state index is 11.9. The first-order chi connectivity index (χ1) is 9.08. The molecule has 1 rings (SSSR count). The summed E-state index contributed by atoms with van der Waals surface area (Å²) >= 11 is 0. The third-order valence-electron chi connectivity index (χ3n) is 2.90. The summed E-state index contributed by atoms with van der Waals surface area (Å²) in [5.74, 6) is 0.0197. The molecule has 1 aromatic rings. The van der Waals surface area contributed by atoms with Crippen LogP contribution in [0.3, 0.4) is 0 Å². The van der Waals surface area contributed by atoms with E-state index in [1.54, 1.807) is 6.20 Å². The van der Waals surface area contributed by atoms with Crippen molar-refractivity contribution in [2.75, 3.05) is 19.6 Å². The molecule has 0 aliphatic carbocycles. The quantitative estimate of drug-likeness (QED) is 0.768. The van der Waals surface area contributed by atoms with E-state index in [0.717, 1.165) is 12.2 Å². The van der Waals surface area contributed by atoms with Crippen LogP contribution in [0.2, 0.25) is 0 Å². The van der Waals surface area contributed by atoms with Crippen LogP contribution >= 0.6 is 0 Å². The Morgan fingerprint density at radius 2 is 2.21 bits per heavy atom. The maximum Gasteiger partial charge on any atom is 0.234 e. The molecule has 5 heteroatoms. The molecule has 0 bridgehead atoms. The van der Waals surface area contributed by atoms with Gasteiger partial charge in [0.15, 0.2) is 0 Å². The predicted molar refractivity (Wildman–Crippen MR) is 76.6 cm³/mol. The molecule has 5 nitrogen and oxygen atoms in total. The molecule has 0 aliphatic heterocycles. The highest BCUT2D eigenvalue weighted by atomic mass is 16.2. The summed E-state index contributed by atoms with van der Waals surface area (Å²) in [4.78, 5) is 18.2. The number of likely N-dealkylation sites (N-methyl/N-ethyl adjacent to an activating group) is 1. The van der Waals surface area contributed by atoms with Gasteiger partial charge in [0.2, 0.25) is 5.91 Å². The predicted octanol–water partition coefficient (Wildman–Crippen LogP) is 0.928. The van der Waals surface area contributed by atoms with Gasteiger partial charge in [-0.05, 0) is 32.5 Å². The summed E-state index contributed by atoms with van der Waals surface area (Å²) in [5.41, 5.74) is 6.75. The van der Waals surface area contributed by atoms with E-state index in [4.69, 9.17) is 5.73 Å². The van der Waals surface area contributed by atoms with Crippen LogP contribution in [0.15, 0.2) is 24.4 Å². The summed E-state index contributed by atoms with van der Waals surface area (Å²) in [7, 11) is 0. The highest BCUT2D eigenvalue weighted by molar-refractivity contribution is 5.78. The molecule has 0 saturated carbocycles. The lowest BCUT2D eigenvalue weighted by molar-refractivity contribution is -0.123. The highest BCUT2D eigenvalue weighted by Gasteiger charge is 2.21. The first-order valence-corrected chi connectivity index (χ1v) is 6.72. The molecular formula is C14H24N4O. The Morgan fingerprint density at radius 1 is 1.47 bits per heavy atom. The zero-order chi connectivity index (χ0) is 14.3. The van der Waals surface area contributed by atoms with Crippen molar-refractivity contribution in [2.45, 2.75) is 32.9 Å². The van der Waals surface area contributed by atoms with E-state index in [2.05, 4.69) is 10.3 Å². The number of amides is 1. The Labute approximate surface area is 115 Å². The Balaban J connectivity index is 2.74. The van der Waals surface area contributed by atoms with Crippen LogP contribution in [0.4, 0.5) is 0 Å². The van der Waals surface area contributed by atoms with Gasteiger partial charge in [-0.15, -0.1) is 0 Å². The monoisotopic (exact) mass is 264 g/mol. The molecule has 0 aliphatic rings. The molecule has 0 radical (unpaired) electrons. The minimum Gasteiger partial charge on any atom is -0.353 e. The maximum absolute atomic E-state index is 11.9. The van der Waals surface area contributed by atoms with Gasteiger partial charge in [0.1, 0.15) is 0 Å². The molecule has 1 unspecified atom stereocenters. The first kappa shape index (κ1) is 15.6. The number of carbonyl (C=O) groups excluding carboxylic acids is 1. The van der Waals surface area contributed by atoms with Crippen molar-refractivity contribution in [1.29, 1.82) is 0 Å². The number of pyridine rings is 1. The summed E-state index contributed by atoms with van der Waals surface area (Å²) in [6.45, 7) is 7.46. The van der Waals surface area contributed by atoms with Gasteiger partial charge in [0, 0.05) is 18.8 Å². The van der Waals surface area contributed by atoms with Crippen molar-refractivity contribution in [2.24, 2.45) is 5.73 Å². The number of carbonyl (C=O) groups is 1. The minimum absolute atomic E-state index is 0.0197. The van der Waals surface area contributed by atoms with Crippen molar-refractivity contribution >= 4 is 5.91 Å². The zero-order valence-electron chi connectivity index (χ0n) is 12.0. The van der Waals surface area contributed by atoms with Crippen LogP contribution < -0.4 is 11.1 Å².